The van der Waals surface area contributed by atoms with Crippen LogP contribution >= 0.6 is 101 Å². The fourth-order valence-electron chi connectivity index (χ4n) is 4.71. The summed E-state index contributed by atoms with van der Waals surface area (Å²) in [6.45, 7) is 23.6. The molecule has 9 unspecified atom stereocenters. The van der Waals surface area contributed by atoms with Crippen LogP contribution in [0.5, 0.6) is 0 Å². The molecule has 0 radical (unpaired) electrons. The van der Waals surface area contributed by atoms with Crippen LogP contribution in [0.25, 0.3) is 0 Å². The molecule has 0 aliphatic heterocycles. The zero-order valence-electron chi connectivity index (χ0n) is 49.6. The summed E-state index contributed by atoms with van der Waals surface area (Å²) in [4.78, 5) is 84.0. The molecule has 486 valence electrons. The third-order valence-electron chi connectivity index (χ3n) is 12.5. The predicted octanol–water partition coefficient (Wildman–Crippen LogP) is 3.80. The average molecular weight is 1320 g/mol. The SMILES string of the molecule is CC(C)(C)C(N)(CS)C(=O)O.CC(C)C(N)(CS)C(=O)O.CC(C)CC(N)(CS)C(=O)O.CC(N)(CS)C(=O)O.CCC(C)C(N)(CS)C(=O)O.CCC(N)(CS)C(=O)O.CCCC(N)(CS)C(=O)O.CCCCC(N)(CS)C(=O)O. The van der Waals surface area contributed by atoms with Crippen LogP contribution in [0.3, 0.4) is 0 Å². The molecule has 0 rings (SSSR count). The van der Waals surface area contributed by atoms with Crippen molar-refractivity contribution >= 4 is 149 Å². The molecule has 0 aliphatic carbocycles. The molecule has 9 atom stereocenters. The van der Waals surface area contributed by atoms with Crippen LogP contribution in [0.1, 0.15) is 141 Å². The second-order valence-corrected chi connectivity index (χ2v) is 23.8. The number of carboxylic acids is 8. The number of nitrogens with two attached hydrogens (primary N) is 8. The van der Waals surface area contributed by atoms with E-state index in [4.69, 9.17) is 86.7 Å². The summed E-state index contributed by atoms with van der Waals surface area (Å²) < 4.78 is 0. The molecule has 0 fully saturated rings. The largest absolute Gasteiger partial charge is 0.480 e. The third-order valence-corrected chi connectivity index (χ3v) is 17.0. The number of unbranched alkanes of at least 4 members (excludes halogenated alkanes) is 1. The lowest BCUT2D eigenvalue weighted by atomic mass is 9.75. The Balaban J connectivity index is -0.000000126. The molecular formula is C49H106N8O16S8. The molecule has 0 aromatic heterocycles. The molecule has 0 heterocycles. The van der Waals surface area contributed by atoms with Crippen molar-refractivity contribution in [3.63, 3.8) is 0 Å². The molecule has 0 aliphatic rings. The van der Waals surface area contributed by atoms with Crippen molar-refractivity contribution in [2.24, 2.45) is 69.0 Å². The summed E-state index contributed by atoms with van der Waals surface area (Å²) in [5.74, 6) is -6.33. The Morgan fingerprint density at radius 1 is 0.395 bits per heavy atom. The molecule has 24 N–H and O–H groups in total. The van der Waals surface area contributed by atoms with Crippen molar-refractivity contribution in [3.8, 4) is 0 Å². The minimum Gasteiger partial charge on any atom is -0.480 e. The highest BCUT2D eigenvalue weighted by atomic mass is 32.1. The van der Waals surface area contributed by atoms with Gasteiger partial charge in [0.1, 0.15) is 44.3 Å². The molecule has 24 nitrogen and oxygen atoms in total. The summed E-state index contributed by atoms with van der Waals surface area (Å²) in [6, 6.07) is 0. The predicted molar refractivity (Wildman–Crippen MR) is 351 cm³/mol. The Morgan fingerprint density at radius 3 is 0.802 bits per heavy atom. The van der Waals surface area contributed by atoms with E-state index in [2.05, 4.69) is 101 Å². The Kier molecular flexibility index (Phi) is 53.7. The Labute approximate surface area is 525 Å². The second-order valence-electron chi connectivity index (χ2n) is 21.3. The number of hydrogen-bond donors (Lipinski definition) is 24. The van der Waals surface area contributed by atoms with Gasteiger partial charge >= 0.3 is 47.8 Å². The standard InChI is InChI=1S/4C7H15NO2S.2C6H13NO2S.C5H11NO2S.C4H9NO2S/c1-6(2,3)7(8,4-11)5(9)10;1-5(2)3-7(8,4-11)6(9)10;1-3-5(2)7(8,4-11)6(9)10;1-2-3-4-7(8,5-11)6(9)10;1-4(2)6(7,3-10)5(8)9;1-2-3-6(7,4-10)5(8)9;1-2-5(6,3-9)4(7)8;1-4(5,2-8)3(6)7/h11H,4,8H2,1-3H3,(H,9,10);2*5,11H,3-4,8H2,1-2H3,(H,9,10);11H,2-5,8H2,1H3,(H,9,10);4,10H,3,7H2,1-2H3,(H,8,9);10H,2-4,7H2,1H3,(H,8,9);9H,2-3,6H2,1H3,(H,7,8);8H,2,5H2,1H3,(H,6,7). The molecule has 0 aromatic rings. The first-order chi connectivity index (χ1) is 36.3. The smallest absolute Gasteiger partial charge is 0.325 e. The van der Waals surface area contributed by atoms with E-state index in [0.29, 0.717) is 25.7 Å². The highest BCUT2D eigenvalue weighted by Crippen LogP contribution is 2.29. The van der Waals surface area contributed by atoms with Crippen LogP contribution in [0.4, 0.5) is 0 Å². The average Bonchev–Trinajstić information content (AvgIpc) is 3.38. The van der Waals surface area contributed by atoms with Gasteiger partial charge in [0.15, 0.2) is 0 Å². The van der Waals surface area contributed by atoms with Gasteiger partial charge in [0.05, 0.1) is 0 Å². The van der Waals surface area contributed by atoms with Gasteiger partial charge in [-0.15, -0.1) is 0 Å². The van der Waals surface area contributed by atoms with Gasteiger partial charge in [-0.1, -0.05) is 109 Å². The van der Waals surface area contributed by atoms with Crippen molar-refractivity contribution in [1.29, 1.82) is 0 Å². The first-order valence-corrected chi connectivity index (χ1v) is 30.4. The second kappa shape index (κ2) is 45.5. The fourth-order valence-corrected chi connectivity index (χ4v) is 7.62. The Hall–Kier alpha value is -1.76. The van der Waals surface area contributed by atoms with Crippen LogP contribution in [0, 0.1) is 23.2 Å². The van der Waals surface area contributed by atoms with Crippen molar-refractivity contribution in [2.45, 2.75) is 186 Å². The van der Waals surface area contributed by atoms with Gasteiger partial charge in [0.2, 0.25) is 0 Å². The minimum atomic E-state index is -1.24. The molecule has 0 spiro atoms. The van der Waals surface area contributed by atoms with Gasteiger partial charge in [0.25, 0.3) is 0 Å². The first kappa shape index (κ1) is 95.6. The van der Waals surface area contributed by atoms with Gasteiger partial charge in [-0.3, -0.25) is 38.4 Å². The highest BCUT2D eigenvalue weighted by Gasteiger charge is 2.44. The fraction of sp³-hybridized carbons (Fsp3) is 0.837. The number of aliphatic carboxylic acids is 8. The molecule has 0 saturated heterocycles. The maximum Gasteiger partial charge on any atom is 0.325 e. The Bertz CT molecular complexity index is 1850. The van der Waals surface area contributed by atoms with E-state index in [9.17, 15) is 38.4 Å². The summed E-state index contributed by atoms with van der Waals surface area (Å²) >= 11 is 31.0. The van der Waals surface area contributed by atoms with Gasteiger partial charge in [-0.2, -0.15) is 101 Å². The van der Waals surface area contributed by atoms with E-state index < -0.39 is 97.5 Å². The van der Waals surface area contributed by atoms with Crippen molar-refractivity contribution in [2.75, 3.05) is 46.0 Å². The van der Waals surface area contributed by atoms with Crippen LogP contribution in [0.2, 0.25) is 0 Å². The first-order valence-electron chi connectivity index (χ1n) is 25.4. The summed E-state index contributed by atoms with van der Waals surface area (Å²) in [5.41, 5.74) is 34.1. The number of thiol groups is 8. The lowest BCUT2D eigenvalue weighted by molar-refractivity contribution is -0.147. The normalized spacial score (nSPS) is 17.0. The monoisotopic (exact) mass is 1320 g/mol. The van der Waals surface area contributed by atoms with Crippen LogP contribution in [-0.2, 0) is 38.4 Å². The van der Waals surface area contributed by atoms with Gasteiger partial charge in [-0.05, 0) is 55.8 Å². The molecule has 32 heteroatoms. The number of rotatable bonds is 27. The maximum atomic E-state index is 10.7. The summed E-state index contributed by atoms with van der Waals surface area (Å²) in [7, 11) is 0. The summed E-state index contributed by atoms with van der Waals surface area (Å²) in [6.07, 6.45) is 5.17. The van der Waals surface area contributed by atoms with E-state index >= 15 is 0 Å². The van der Waals surface area contributed by atoms with Gasteiger partial charge in [-0.25, -0.2) is 0 Å². The van der Waals surface area contributed by atoms with Gasteiger partial charge < -0.3 is 86.7 Å². The van der Waals surface area contributed by atoms with Crippen molar-refractivity contribution < 1.29 is 79.2 Å². The zero-order chi connectivity index (χ0) is 67.2. The van der Waals surface area contributed by atoms with E-state index in [1.165, 1.54) is 6.92 Å². The molecule has 0 aromatic carbocycles. The van der Waals surface area contributed by atoms with Crippen molar-refractivity contribution in [3.05, 3.63) is 0 Å². The lowest BCUT2D eigenvalue weighted by Gasteiger charge is -2.36. The van der Waals surface area contributed by atoms with Gasteiger partial charge in [0, 0.05) is 46.0 Å². The lowest BCUT2D eigenvalue weighted by Crippen LogP contribution is -2.59. The molecule has 81 heavy (non-hydrogen) atoms. The zero-order valence-corrected chi connectivity index (χ0v) is 56.7. The van der Waals surface area contributed by atoms with Crippen LogP contribution in [-0.4, -0.2) is 179 Å². The van der Waals surface area contributed by atoms with E-state index in [1.54, 1.807) is 41.5 Å². The quantitative estimate of drug-likeness (QED) is 0.0520. The van der Waals surface area contributed by atoms with Crippen LogP contribution < -0.4 is 45.9 Å². The Morgan fingerprint density at radius 2 is 0.728 bits per heavy atom. The van der Waals surface area contributed by atoms with E-state index in [0.717, 1.165) is 25.7 Å². The topological polar surface area (TPSA) is 507 Å². The number of carbonyl (C=O) groups is 8. The highest BCUT2D eigenvalue weighted by molar-refractivity contribution is 7.81. The third kappa shape index (κ3) is 37.4. The summed E-state index contributed by atoms with van der Waals surface area (Å²) in [5, 5.41) is 68.9. The van der Waals surface area contributed by atoms with Crippen molar-refractivity contribution in [1.82, 2.24) is 0 Å². The molecule has 0 bridgehead atoms. The number of carboxylic acid groups (broad SMARTS) is 8. The van der Waals surface area contributed by atoms with E-state index in [1.807, 2.05) is 41.5 Å². The maximum absolute atomic E-state index is 10.7. The van der Waals surface area contributed by atoms with Crippen LogP contribution in [0.15, 0.2) is 0 Å². The molecule has 0 amide bonds. The number of hydrogen-bond acceptors (Lipinski definition) is 24. The molecular weight excluding hydrogens is 1210 g/mol. The van der Waals surface area contributed by atoms with E-state index in [-0.39, 0.29) is 63.8 Å². The minimum absolute atomic E-state index is 0.0440. The molecule has 0 saturated carbocycles.